The number of rotatable bonds is 14. The smallest absolute Gasteiger partial charge is 0.328 e. The van der Waals surface area contributed by atoms with Crippen molar-refractivity contribution in [1.82, 2.24) is 0 Å². The third-order valence-electron chi connectivity index (χ3n) is 7.59. The first kappa shape index (κ1) is 31.2. The zero-order valence-electron chi connectivity index (χ0n) is 23.8. The SMILES string of the molecule is CCOC(O)C(F)(F)[C@]1(C)O[C@H](COCc2ccccc2)[C@H](C)[C@H](OCc2ccccc2)[C@H]1OCc1ccccc1. The first-order valence-corrected chi connectivity index (χ1v) is 14.0. The van der Waals surface area contributed by atoms with Gasteiger partial charge in [-0.25, -0.2) is 0 Å². The summed E-state index contributed by atoms with van der Waals surface area (Å²) in [6.07, 6.45) is -5.25. The highest BCUT2D eigenvalue weighted by Gasteiger charge is 2.67. The van der Waals surface area contributed by atoms with Crippen molar-refractivity contribution in [2.45, 2.75) is 76.7 Å². The van der Waals surface area contributed by atoms with E-state index in [-0.39, 0.29) is 32.3 Å². The number of halogens is 2. The summed E-state index contributed by atoms with van der Waals surface area (Å²) in [6, 6.07) is 28.4. The van der Waals surface area contributed by atoms with Crippen molar-refractivity contribution in [2.75, 3.05) is 13.2 Å². The van der Waals surface area contributed by atoms with Gasteiger partial charge in [0.15, 0.2) is 5.60 Å². The summed E-state index contributed by atoms with van der Waals surface area (Å²) in [7, 11) is 0. The maximum absolute atomic E-state index is 16.2. The summed E-state index contributed by atoms with van der Waals surface area (Å²) < 4.78 is 62.2. The van der Waals surface area contributed by atoms with Crippen LogP contribution in [0.2, 0.25) is 0 Å². The van der Waals surface area contributed by atoms with Gasteiger partial charge in [-0.3, -0.25) is 0 Å². The van der Waals surface area contributed by atoms with Gasteiger partial charge in [0.2, 0.25) is 6.29 Å². The lowest BCUT2D eigenvalue weighted by atomic mass is 9.77. The second kappa shape index (κ2) is 14.4. The van der Waals surface area contributed by atoms with Crippen LogP contribution in [0.1, 0.15) is 37.5 Å². The monoisotopic (exact) mass is 570 g/mol. The van der Waals surface area contributed by atoms with Gasteiger partial charge < -0.3 is 28.8 Å². The lowest BCUT2D eigenvalue weighted by molar-refractivity contribution is -0.374. The molecule has 1 N–H and O–H groups in total. The molecule has 0 aromatic heterocycles. The maximum atomic E-state index is 16.2. The van der Waals surface area contributed by atoms with Crippen molar-refractivity contribution < 1.29 is 37.6 Å². The average molecular weight is 571 g/mol. The van der Waals surface area contributed by atoms with Crippen molar-refractivity contribution in [3.63, 3.8) is 0 Å². The lowest BCUT2D eigenvalue weighted by Crippen LogP contribution is -2.71. The average Bonchev–Trinajstić information content (AvgIpc) is 2.99. The molecule has 1 heterocycles. The van der Waals surface area contributed by atoms with E-state index >= 15 is 8.78 Å². The van der Waals surface area contributed by atoms with Crippen LogP contribution in [0.5, 0.6) is 0 Å². The van der Waals surface area contributed by atoms with Crippen LogP contribution in [0, 0.1) is 5.92 Å². The van der Waals surface area contributed by atoms with Crippen LogP contribution >= 0.6 is 0 Å². The van der Waals surface area contributed by atoms with Gasteiger partial charge in [-0.2, -0.15) is 8.78 Å². The quantitative estimate of drug-likeness (QED) is 0.234. The van der Waals surface area contributed by atoms with E-state index in [1.54, 1.807) is 6.92 Å². The number of aliphatic hydroxyl groups excluding tert-OH is 1. The van der Waals surface area contributed by atoms with E-state index < -0.39 is 36.1 Å². The molecule has 41 heavy (non-hydrogen) atoms. The first-order chi connectivity index (χ1) is 19.8. The Balaban J connectivity index is 1.65. The molecule has 0 bridgehead atoms. The third-order valence-corrected chi connectivity index (χ3v) is 7.59. The molecule has 8 heteroatoms. The number of hydrogen-bond acceptors (Lipinski definition) is 6. The van der Waals surface area contributed by atoms with Crippen molar-refractivity contribution in [3.8, 4) is 0 Å². The Morgan fingerprint density at radius 1 is 0.829 bits per heavy atom. The molecular weight excluding hydrogens is 530 g/mol. The van der Waals surface area contributed by atoms with Crippen LogP contribution in [-0.2, 0) is 43.5 Å². The summed E-state index contributed by atoms with van der Waals surface area (Å²) in [5.74, 6) is -4.24. The van der Waals surface area contributed by atoms with Gasteiger partial charge >= 0.3 is 5.92 Å². The fourth-order valence-electron chi connectivity index (χ4n) is 5.14. The van der Waals surface area contributed by atoms with E-state index in [4.69, 9.17) is 23.7 Å². The number of aliphatic hydroxyl groups is 1. The molecule has 1 aliphatic rings. The Labute approximate surface area is 241 Å². The molecule has 6 nitrogen and oxygen atoms in total. The molecule has 0 spiro atoms. The van der Waals surface area contributed by atoms with Gasteiger partial charge in [0.25, 0.3) is 0 Å². The fourth-order valence-corrected chi connectivity index (χ4v) is 5.14. The van der Waals surface area contributed by atoms with Gasteiger partial charge in [-0.15, -0.1) is 0 Å². The van der Waals surface area contributed by atoms with Gasteiger partial charge in [0.1, 0.15) is 6.10 Å². The summed E-state index contributed by atoms with van der Waals surface area (Å²) in [5, 5.41) is 10.5. The Morgan fingerprint density at radius 2 is 1.32 bits per heavy atom. The van der Waals surface area contributed by atoms with Crippen LogP contribution in [0.3, 0.4) is 0 Å². The largest absolute Gasteiger partial charge is 0.374 e. The minimum Gasteiger partial charge on any atom is -0.374 e. The highest BCUT2D eigenvalue weighted by atomic mass is 19.3. The summed E-state index contributed by atoms with van der Waals surface area (Å²) in [4.78, 5) is 0. The minimum atomic E-state index is -3.85. The van der Waals surface area contributed by atoms with Gasteiger partial charge in [0, 0.05) is 12.5 Å². The van der Waals surface area contributed by atoms with Crippen LogP contribution in [-0.4, -0.2) is 54.4 Å². The zero-order chi connectivity index (χ0) is 29.3. The molecule has 0 aliphatic carbocycles. The highest BCUT2D eigenvalue weighted by molar-refractivity contribution is 5.16. The molecular formula is C33H40F2O6. The summed E-state index contributed by atoms with van der Waals surface area (Å²) >= 11 is 0. The molecule has 3 aromatic rings. The van der Waals surface area contributed by atoms with Crippen LogP contribution in [0.4, 0.5) is 8.78 Å². The third kappa shape index (κ3) is 7.57. The van der Waals surface area contributed by atoms with E-state index in [1.807, 2.05) is 97.9 Å². The molecule has 0 saturated carbocycles. The molecule has 1 saturated heterocycles. The summed E-state index contributed by atoms with van der Waals surface area (Å²) in [6.45, 7) is 5.18. The van der Waals surface area contributed by atoms with Crippen molar-refractivity contribution >= 4 is 0 Å². The number of alkyl halides is 2. The maximum Gasteiger partial charge on any atom is 0.328 e. The van der Waals surface area contributed by atoms with E-state index in [2.05, 4.69) is 0 Å². The first-order valence-electron chi connectivity index (χ1n) is 14.0. The molecule has 3 aromatic carbocycles. The predicted octanol–water partition coefficient (Wildman–Crippen LogP) is 6.16. The Hall–Kier alpha value is -2.72. The van der Waals surface area contributed by atoms with Crippen molar-refractivity contribution in [1.29, 1.82) is 0 Å². The van der Waals surface area contributed by atoms with Crippen LogP contribution in [0.15, 0.2) is 91.0 Å². The molecule has 0 amide bonds. The zero-order valence-corrected chi connectivity index (χ0v) is 23.8. The van der Waals surface area contributed by atoms with Crippen LogP contribution < -0.4 is 0 Å². The Morgan fingerprint density at radius 3 is 1.83 bits per heavy atom. The van der Waals surface area contributed by atoms with Crippen molar-refractivity contribution in [3.05, 3.63) is 108 Å². The van der Waals surface area contributed by atoms with Gasteiger partial charge in [-0.1, -0.05) is 97.9 Å². The number of ether oxygens (including phenoxy) is 5. The molecule has 1 aliphatic heterocycles. The van der Waals surface area contributed by atoms with Gasteiger partial charge in [-0.05, 0) is 30.5 Å². The van der Waals surface area contributed by atoms with Crippen LogP contribution in [0.25, 0.3) is 0 Å². The molecule has 222 valence electrons. The summed E-state index contributed by atoms with van der Waals surface area (Å²) in [5.41, 5.74) is 0.348. The topological polar surface area (TPSA) is 66.4 Å². The van der Waals surface area contributed by atoms with E-state index in [0.717, 1.165) is 16.7 Å². The van der Waals surface area contributed by atoms with E-state index in [0.29, 0.717) is 6.61 Å². The second-order valence-electron chi connectivity index (χ2n) is 10.5. The molecule has 1 fully saturated rings. The molecule has 6 atom stereocenters. The fraction of sp³-hybridized carbons (Fsp3) is 0.455. The second-order valence-corrected chi connectivity index (χ2v) is 10.5. The van der Waals surface area contributed by atoms with E-state index in [1.165, 1.54) is 6.92 Å². The standard InChI is InChI=1S/C33H40F2O6/c1-4-38-31(36)33(34,35)32(3)30(40-22-27-18-12-7-13-19-27)29(39-21-26-16-10-6-11-17-26)24(2)28(41-32)23-37-20-25-14-8-5-9-15-25/h5-19,24,28-31,36H,4,20-23H2,1-3H3/t24-,28+,29-,30+,31?,32+/m0/s1. The molecule has 0 radical (unpaired) electrons. The lowest BCUT2D eigenvalue weighted by Gasteiger charge is -2.54. The van der Waals surface area contributed by atoms with Crippen molar-refractivity contribution in [2.24, 2.45) is 5.92 Å². The Bertz CT molecular complexity index is 1170. The highest BCUT2D eigenvalue weighted by Crippen LogP contribution is 2.47. The van der Waals surface area contributed by atoms with E-state index in [9.17, 15) is 5.11 Å². The number of benzene rings is 3. The number of hydrogen-bond donors (Lipinski definition) is 1. The molecule has 4 rings (SSSR count). The Kier molecular flexibility index (Phi) is 11.0. The minimum absolute atomic E-state index is 0.0447. The predicted molar refractivity (Wildman–Crippen MR) is 151 cm³/mol. The normalized spacial score (nSPS) is 25.6. The van der Waals surface area contributed by atoms with Gasteiger partial charge in [0.05, 0.1) is 38.6 Å². The molecule has 1 unspecified atom stereocenters.